The van der Waals surface area contributed by atoms with Crippen LogP contribution in [-0.4, -0.2) is 15.4 Å². The van der Waals surface area contributed by atoms with Crippen LogP contribution in [0.5, 0.6) is 0 Å². The molecule has 2 aromatic rings. The number of nitrogens with one attached hydrogen (secondary N) is 1. The first-order valence-electron chi connectivity index (χ1n) is 4.62. The molecular weight excluding hydrogens is 306 g/mol. The van der Waals surface area contributed by atoms with E-state index in [-0.39, 0.29) is 9.52 Å². The van der Waals surface area contributed by atoms with Gasteiger partial charge in [-0.05, 0) is 6.07 Å². The van der Waals surface area contributed by atoms with Gasteiger partial charge in [-0.2, -0.15) is 0 Å². The van der Waals surface area contributed by atoms with Crippen LogP contribution >= 0.6 is 23.8 Å². The van der Waals surface area contributed by atoms with Crippen molar-refractivity contribution >= 4 is 29.7 Å². The number of benzene rings is 1. The van der Waals surface area contributed by atoms with Gasteiger partial charge in [-0.25, -0.2) is 22.4 Å². The highest BCUT2D eigenvalue weighted by atomic mass is 32.2. The molecule has 0 amide bonds. The van der Waals surface area contributed by atoms with Crippen LogP contribution in [-0.2, 0) is 0 Å². The third-order valence-corrected chi connectivity index (χ3v) is 3.28. The van der Waals surface area contributed by atoms with E-state index in [0.29, 0.717) is 0 Å². The van der Waals surface area contributed by atoms with Crippen molar-refractivity contribution in [3.05, 3.63) is 38.7 Å². The third kappa shape index (κ3) is 2.15. The van der Waals surface area contributed by atoms with Crippen molar-refractivity contribution in [1.29, 1.82) is 0 Å². The zero-order valence-corrected chi connectivity index (χ0v) is 10.4. The lowest BCUT2D eigenvalue weighted by atomic mass is 10.0. The third-order valence-electron chi connectivity index (χ3n) is 2.27. The van der Waals surface area contributed by atoms with Crippen molar-refractivity contribution in [2.45, 2.75) is 0 Å². The van der Waals surface area contributed by atoms with Crippen LogP contribution in [0.1, 0.15) is 10.4 Å². The molecule has 19 heavy (non-hydrogen) atoms. The Bertz CT molecular complexity index is 738. The van der Waals surface area contributed by atoms with Crippen molar-refractivity contribution in [3.8, 4) is 11.3 Å². The van der Waals surface area contributed by atoms with Crippen LogP contribution in [0, 0.1) is 27.1 Å². The Morgan fingerprint density at radius 3 is 2.21 bits per heavy atom. The molecule has 0 saturated carbocycles. The van der Waals surface area contributed by atoms with E-state index in [2.05, 4.69) is 4.37 Å². The monoisotopic (exact) mass is 309 g/mol. The molecule has 0 fully saturated rings. The topological polar surface area (TPSA) is 53.1 Å². The Kier molecular flexibility index (Phi) is 3.42. The molecule has 1 aromatic heterocycles. The van der Waals surface area contributed by atoms with Crippen LogP contribution in [0.4, 0.5) is 17.6 Å². The summed E-state index contributed by atoms with van der Waals surface area (Å²) in [5.74, 6) is -9.93. The highest BCUT2D eigenvalue weighted by molar-refractivity contribution is 7.73. The molecule has 0 aliphatic rings. The minimum atomic E-state index is -2.17. The van der Waals surface area contributed by atoms with E-state index in [9.17, 15) is 22.4 Å². The van der Waals surface area contributed by atoms with Gasteiger partial charge in [-0.3, -0.25) is 0 Å². The lowest BCUT2D eigenvalue weighted by Crippen LogP contribution is -2.11. The second-order valence-corrected chi connectivity index (χ2v) is 4.94. The molecule has 1 heterocycles. The molecule has 0 saturated heterocycles. The van der Waals surface area contributed by atoms with Crippen LogP contribution in [0.25, 0.3) is 11.3 Å². The van der Waals surface area contributed by atoms with Crippen molar-refractivity contribution in [2.75, 3.05) is 0 Å². The Morgan fingerprint density at radius 2 is 1.74 bits per heavy atom. The van der Waals surface area contributed by atoms with E-state index < -0.39 is 40.4 Å². The number of aromatic carboxylic acids is 1. The van der Waals surface area contributed by atoms with Gasteiger partial charge in [0.2, 0.25) is 0 Å². The molecule has 0 aliphatic heterocycles. The molecule has 0 bridgehead atoms. The van der Waals surface area contributed by atoms with Gasteiger partial charge in [0.1, 0.15) is 9.39 Å². The molecule has 1 aromatic carbocycles. The quantitative estimate of drug-likeness (QED) is 0.385. The predicted octanol–water partition coefficient (Wildman–Crippen LogP) is 3.73. The summed E-state index contributed by atoms with van der Waals surface area (Å²) in [7, 11) is 0. The minimum Gasteiger partial charge on any atom is -0.478 e. The number of aromatic amines is 1. The lowest BCUT2D eigenvalue weighted by Gasteiger charge is -2.09. The SMILES string of the molecule is O=C(O)c1c(F)c(F)c(F)c(F)c1-c1cc(=S)s[nH]1. The maximum Gasteiger partial charge on any atom is 0.339 e. The standard InChI is InChI=1S/C10H3F4NO2S2/c11-6-4(2-1-3(18)19-15-2)5(10(16)17)7(12)9(14)8(6)13/h1,15H,(H,16,17). The summed E-state index contributed by atoms with van der Waals surface area (Å²) in [6.45, 7) is 0. The highest BCUT2D eigenvalue weighted by Gasteiger charge is 2.30. The second kappa shape index (κ2) is 4.74. The Hall–Kier alpha value is -1.74. The molecule has 0 aliphatic carbocycles. The fourth-order valence-corrected chi connectivity index (χ4v) is 2.28. The number of aromatic nitrogens is 1. The number of rotatable bonds is 2. The van der Waals surface area contributed by atoms with Gasteiger partial charge < -0.3 is 9.48 Å². The molecule has 0 unspecified atom stereocenters. The van der Waals surface area contributed by atoms with Gasteiger partial charge in [0, 0.05) is 0 Å². The summed E-state index contributed by atoms with van der Waals surface area (Å²) in [4.78, 5) is 10.9. The van der Waals surface area contributed by atoms with E-state index in [4.69, 9.17) is 17.3 Å². The fourth-order valence-electron chi connectivity index (χ4n) is 1.49. The van der Waals surface area contributed by atoms with Gasteiger partial charge in [0.05, 0.1) is 11.3 Å². The maximum atomic E-state index is 13.7. The number of H-pyrrole nitrogens is 1. The smallest absolute Gasteiger partial charge is 0.339 e. The lowest BCUT2D eigenvalue weighted by molar-refractivity contribution is 0.0690. The summed E-state index contributed by atoms with van der Waals surface area (Å²) in [5, 5.41) is 8.82. The van der Waals surface area contributed by atoms with Gasteiger partial charge in [-0.15, -0.1) is 0 Å². The van der Waals surface area contributed by atoms with Crippen LogP contribution < -0.4 is 0 Å². The minimum absolute atomic E-state index is 0.218. The molecule has 0 spiro atoms. The van der Waals surface area contributed by atoms with Crippen LogP contribution in [0.15, 0.2) is 6.07 Å². The van der Waals surface area contributed by atoms with Crippen molar-refractivity contribution in [1.82, 2.24) is 4.37 Å². The molecule has 2 rings (SSSR count). The molecule has 2 N–H and O–H groups in total. The van der Waals surface area contributed by atoms with E-state index in [0.717, 1.165) is 17.6 Å². The molecule has 0 radical (unpaired) electrons. The van der Waals surface area contributed by atoms with Gasteiger partial charge in [0.15, 0.2) is 23.3 Å². The maximum absolute atomic E-state index is 13.7. The van der Waals surface area contributed by atoms with Gasteiger partial charge >= 0.3 is 5.97 Å². The van der Waals surface area contributed by atoms with Crippen molar-refractivity contribution in [2.24, 2.45) is 0 Å². The first kappa shape index (κ1) is 13.7. The van der Waals surface area contributed by atoms with E-state index in [1.54, 1.807) is 0 Å². The van der Waals surface area contributed by atoms with E-state index >= 15 is 0 Å². The summed E-state index contributed by atoms with van der Waals surface area (Å²) in [5.41, 5.74) is -2.43. The number of hydrogen-bond donors (Lipinski definition) is 2. The van der Waals surface area contributed by atoms with E-state index in [1.807, 2.05) is 0 Å². The Morgan fingerprint density at radius 1 is 1.16 bits per heavy atom. The normalized spacial score (nSPS) is 10.7. The van der Waals surface area contributed by atoms with Gasteiger partial charge in [-0.1, -0.05) is 23.8 Å². The van der Waals surface area contributed by atoms with Gasteiger partial charge in [0.25, 0.3) is 0 Å². The number of halogens is 4. The molecule has 9 heteroatoms. The summed E-state index contributed by atoms with van der Waals surface area (Å²) >= 11 is 5.57. The summed E-state index contributed by atoms with van der Waals surface area (Å²) < 4.78 is 55.9. The molecule has 100 valence electrons. The average molecular weight is 309 g/mol. The summed E-state index contributed by atoms with van der Waals surface area (Å²) in [6.07, 6.45) is 0. The molecule has 0 atom stereocenters. The Labute approximate surface area is 112 Å². The number of hydrogen-bond acceptors (Lipinski definition) is 3. The van der Waals surface area contributed by atoms with E-state index in [1.165, 1.54) is 0 Å². The Balaban J connectivity index is 2.93. The predicted molar refractivity (Wildman–Crippen MR) is 61.7 cm³/mol. The van der Waals surface area contributed by atoms with Crippen LogP contribution in [0.2, 0.25) is 0 Å². The number of carboxylic acids is 1. The van der Waals surface area contributed by atoms with Crippen molar-refractivity contribution in [3.63, 3.8) is 0 Å². The fraction of sp³-hybridized carbons (Fsp3) is 0. The highest BCUT2D eigenvalue weighted by Crippen LogP contribution is 2.32. The first-order chi connectivity index (χ1) is 8.84. The second-order valence-electron chi connectivity index (χ2n) is 3.39. The molecule has 3 nitrogen and oxygen atoms in total. The average Bonchev–Trinajstić information content (AvgIpc) is 2.76. The zero-order chi connectivity index (χ0) is 14.3. The number of carboxylic acid groups (broad SMARTS) is 1. The zero-order valence-electron chi connectivity index (χ0n) is 8.76. The van der Waals surface area contributed by atoms with Crippen molar-refractivity contribution < 1.29 is 27.5 Å². The summed E-state index contributed by atoms with van der Waals surface area (Å²) in [6, 6.07) is 1.13. The largest absolute Gasteiger partial charge is 0.478 e. The number of carbonyl (C=O) groups is 1. The molecular formula is C10H3F4NO2S2. The first-order valence-corrected chi connectivity index (χ1v) is 5.85. The van der Waals surface area contributed by atoms with Crippen LogP contribution in [0.3, 0.4) is 0 Å².